The molecule has 2 aromatic heterocycles. The first-order chi connectivity index (χ1) is 9.15. The molecule has 3 aromatic rings. The number of imidazole rings is 1. The Kier molecular flexibility index (Phi) is 4.35. The lowest BCUT2D eigenvalue weighted by Crippen LogP contribution is -1.93. The van der Waals surface area contributed by atoms with Crippen LogP contribution in [0.5, 0.6) is 0 Å². The van der Waals surface area contributed by atoms with Crippen molar-refractivity contribution >= 4 is 28.3 Å². The molecular weight excluding hydrogens is 340 g/mol. The van der Waals surface area contributed by atoms with E-state index in [9.17, 15) is 0 Å². The zero-order chi connectivity index (χ0) is 13.4. The maximum atomic E-state index is 5.89. The van der Waals surface area contributed by atoms with Crippen LogP contribution in [0.2, 0.25) is 0 Å². The lowest BCUT2D eigenvalue weighted by molar-refractivity contribution is 0.588. The summed E-state index contributed by atoms with van der Waals surface area (Å²) in [6.07, 6.45) is 1.84. The Balaban J connectivity index is 0.00000147. The molecule has 3 nitrogen and oxygen atoms in total. The number of aryl methyl sites for hydroxylation is 1. The minimum absolute atomic E-state index is 0. The van der Waals surface area contributed by atoms with Gasteiger partial charge < -0.3 is 8.98 Å². The van der Waals surface area contributed by atoms with Crippen molar-refractivity contribution < 1.29 is 4.42 Å². The fourth-order valence-electron chi connectivity index (χ4n) is 1.95. The minimum atomic E-state index is 0. The van der Waals surface area contributed by atoms with Crippen LogP contribution < -0.4 is 0 Å². The molecular formula is C15H14BrClN2O. The van der Waals surface area contributed by atoms with Gasteiger partial charge in [0, 0.05) is 29.0 Å². The summed E-state index contributed by atoms with van der Waals surface area (Å²) in [6, 6.07) is 12.0. The van der Waals surface area contributed by atoms with E-state index in [-0.39, 0.29) is 12.4 Å². The number of furan rings is 1. The number of hydrogen-bond donors (Lipinski definition) is 0. The Bertz CT molecular complexity index is 716. The predicted molar refractivity (Wildman–Crippen MR) is 86.0 cm³/mol. The van der Waals surface area contributed by atoms with Crippen molar-refractivity contribution in [3.8, 4) is 22.9 Å². The molecule has 0 unspecified atom stereocenters. The highest BCUT2D eigenvalue weighted by molar-refractivity contribution is 9.10. The average Bonchev–Trinajstić information content (AvgIpc) is 2.99. The summed E-state index contributed by atoms with van der Waals surface area (Å²) in [5, 5.41) is 0. The monoisotopic (exact) mass is 352 g/mol. The number of benzene rings is 1. The van der Waals surface area contributed by atoms with Gasteiger partial charge in [0.05, 0.1) is 0 Å². The summed E-state index contributed by atoms with van der Waals surface area (Å²) in [4.78, 5) is 4.37. The van der Waals surface area contributed by atoms with Crippen molar-refractivity contribution in [2.45, 2.75) is 6.92 Å². The van der Waals surface area contributed by atoms with E-state index < -0.39 is 0 Å². The Morgan fingerprint density at radius 2 is 1.70 bits per heavy atom. The fourth-order valence-corrected chi connectivity index (χ4v) is 2.22. The SMILES string of the molecule is Cc1cnc(-c2ccc(-c3ccc(Br)cc3)o2)n1C.Cl. The van der Waals surface area contributed by atoms with E-state index in [2.05, 4.69) is 20.9 Å². The lowest BCUT2D eigenvalue weighted by Gasteiger charge is -2.00. The standard InChI is InChI=1S/C15H13BrN2O.ClH/c1-10-9-17-15(18(10)2)14-8-7-13(19-14)11-3-5-12(16)6-4-11;/h3-9H,1-2H3;1H. The summed E-state index contributed by atoms with van der Waals surface area (Å²) in [6.45, 7) is 2.02. The van der Waals surface area contributed by atoms with Crippen molar-refractivity contribution in [1.82, 2.24) is 9.55 Å². The minimum Gasteiger partial charge on any atom is -0.453 e. The van der Waals surface area contributed by atoms with E-state index in [0.717, 1.165) is 33.1 Å². The van der Waals surface area contributed by atoms with Gasteiger partial charge in [-0.15, -0.1) is 12.4 Å². The number of nitrogens with zero attached hydrogens (tertiary/aromatic N) is 2. The first-order valence-corrected chi connectivity index (χ1v) is 6.79. The van der Waals surface area contributed by atoms with Gasteiger partial charge in [0.25, 0.3) is 0 Å². The Hall–Kier alpha value is -1.52. The fraction of sp³-hybridized carbons (Fsp3) is 0.133. The number of rotatable bonds is 2. The Labute approximate surface area is 132 Å². The lowest BCUT2D eigenvalue weighted by atomic mass is 10.2. The van der Waals surface area contributed by atoms with Crippen molar-refractivity contribution in [2.24, 2.45) is 7.05 Å². The van der Waals surface area contributed by atoms with Crippen molar-refractivity contribution in [3.63, 3.8) is 0 Å². The molecule has 0 spiro atoms. The van der Waals surface area contributed by atoms with Gasteiger partial charge in [-0.2, -0.15) is 0 Å². The molecule has 0 aliphatic heterocycles. The smallest absolute Gasteiger partial charge is 0.176 e. The van der Waals surface area contributed by atoms with Gasteiger partial charge in [-0.3, -0.25) is 0 Å². The molecule has 0 N–H and O–H groups in total. The molecule has 5 heteroatoms. The third-order valence-electron chi connectivity index (χ3n) is 3.18. The van der Waals surface area contributed by atoms with Crippen molar-refractivity contribution in [2.75, 3.05) is 0 Å². The number of hydrogen-bond acceptors (Lipinski definition) is 2. The molecule has 0 aliphatic carbocycles. The summed E-state index contributed by atoms with van der Waals surface area (Å²) in [5.74, 6) is 2.48. The second-order valence-electron chi connectivity index (χ2n) is 4.45. The normalized spacial score (nSPS) is 10.3. The topological polar surface area (TPSA) is 31.0 Å². The van der Waals surface area contributed by atoms with Gasteiger partial charge >= 0.3 is 0 Å². The molecule has 0 radical (unpaired) electrons. The second kappa shape index (κ2) is 5.85. The zero-order valence-corrected chi connectivity index (χ0v) is 13.5. The molecule has 2 heterocycles. The van der Waals surface area contributed by atoms with E-state index >= 15 is 0 Å². The molecule has 0 saturated heterocycles. The van der Waals surface area contributed by atoms with Crippen LogP contribution in [0, 0.1) is 6.92 Å². The quantitative estimate of drug-likeness (QED) is 0.660. The Morgan fingerprint density at radius 3 is 2.30 bits per heavy atom. The highest BCUT2D eigenvalue weighted by Crippen LogP contribution is 2.28. The molecule has 3 rings (SSSR count). The molecule has 104 valence electrons. The molecule has 20 heavy (non-hydrogen) atoms. The van der Waals surface area contributed by atoms with Crippen molar-refractivity contribution in [1.29, 1.82) is 0 Å². The Morgan fingerprint density at radius 1 is 1.05 bits per heavy atom. The summed E-state index contributed by atoms with van der Waals surface area (Å²) < 4.78 is 8.97. The maximum absolute atomic E-state index is 5.89. The van der Waals surface area contributed by atoms with Gasteiger partial charge in [0.2, 0.25) is 0 Å². The molecule has 0 fully saturated rings. The highest BCUT2D eigenvalue weighted by atomic mass is 79.9. The number of aromatic nitrogens is 2. The first kappa shape index (κ1) is 14.9. The zero-order valence-electron chi connectivity index (χ0n) is 11.1. The predicted octanol–water partition coefficient (Wildman–Crippen LogP) is 4.84. The molecule has 0 atom stereocenters. The van der Waals surface area contributed by atoms with Crippen LogP contribution in [0.25, 0.3) is 22.9 Å². The van der Waals surface area contributed by atoms with Gasteiger partial charge in [-0.1, -0.05) is 28.1 Å². The summed E-state index contributed by atoms with van der Waals surface area (Å²) in [7, 11) is 1.99. The molecule has 0 amide bonds. The third-order valence-corrected chi connectivity index (χ3v) is 3.70. The van der Waals surface area contributed by atoms with Crippen LogP contribution in [-0.2, 0) is 7.05 Å². The van der Waals surface area contributed by atoms with Crippen LogP contribution >= 0.6 is 28.3 Å². The van der Waals surface area contributed by atoms with Crippen LogP contribution in [0.4, 0.5) is 0 Å². The van der Waals surface area contributed by atoms with E-state index in [4.69, 9.17) is 4.42 Å². The van der Waals surface area contributed by atoms with Crippen LogP contribution in [-0.4, -0.2) is 9.55 Å². The third kappa shape index (κ3) is 2.67. The van der Waals surface area contributed by atoms with Gasteiger partial charge in [0.1, 0.15) is 5.76 Å². The largest absolute Gasteiger partial charge is 0.453 e. The highest BCUT2D eigenvalue weighted by Gasteiger charge is 2.11. The summed E-state index contributed by atoms with van der Waals surface area (Å²) >= 11 is 3.43. The molecule has 0 bridgehead atoms. The van der Waals surface area contributed by atoms with E-state index in [1.165, 1.54) is 0 Å². The second-order valence-corrected chi connectivity index (χ2v) is 5.37. The summed E-state index contributed by atoms with van der Waals surface area (Å²) in [5.41, 5.74) is 2.16. The van der Waals surface area contributed by atoms with Gasteiger partial charge in [-0.05, 0) is 31.2 Å². The van der Waals surface area contributed by atoms with E-state index in [0.29, 0.717) is 0 Å². The molecule has 1 aromatic carbocycles. The van der Waals surface area contributed by atoms with Crippen LogP contribution in [0.3, 0.4) is 0 Å². The first-order valence-electron chi connectivity index (χ1n) is 5.99. The van der Waals surface area contributed by atoms with Gasteiger partial charge in [0.15, 0.2) is 11.6 Å². The van der Waals surface area contributed by atoms with Crippen molar-refractivity contribution in [3.05, 3.63) is 52.8 Å². The maximum Gasteiger partial charge on any atom is 0.176 e. The van der Waals surface area contributed by atoms with Crippen LogP contribution in [0.1, 0.15) is 5.69 Å². The van der Waals surface area contributed by atoms with E-state index in [1.807, 2.05) is 61.1 Å². The van der Waals surface area contributed by atoms with Crippen LogP contribution in [0.15, 0.2) is 51.5 Å². The molecule has 0 aliphatic rings. The number of halogens is 2. The van der Waals surface area contributed by atoms with Gasteiger partial charge in [-0.25, -0.2) is 4.98 Å². The molecule has 0 saturated carbocycles. The van der Waals surface area contributed by atoms with E-state index in [1.54, 1.807) is 0 Å². The average molecular weight is 354 g/mol.